The number of benzene rings is 2. The van der Waals surface area contributed by atoms with Crippen LogP contribution in [0.3, 0.4) is 0 Å². The highest BCUT2D eigenvalue weighted by atomic mass is 16.5. The molecule has 1 N–H and O–H groups in total. The van der Waals surface area contributed by atoms with Crippen LogP contribution in [0.25, 0.3) is 0 Å². The SMILES string of the molecule is CN(C)c1ccc(/C=N/NC(=O)COc2ccc(C(C)(C)CC(C)(C)C)cc2)cc1. The lowest BCUT2D eigenvalue weighted by atomic mass is 9.72. The van der Waals surface area contributed by atoms with Crippen LogP contribution in [0.1, 0.15) is 52.2 Å². The van der Waals surface area contributed by atoms with Crippen molar-refractivity contribution >= 4 is 17.8 Å². The van der Waals surface area contributed by atoms with E-state index in [1.165, 1.54) is 5.56 Å². The van der Waals surface area contributed by atoms with Gasteiger partial charge >= 0.3 is 0 Å². The highest BCUT2D eigenvalue weighted by Crippen LogP contribution is 2.36. The lowest BCUT2D eigenvalue weighted by Gasteiger charge is -2.33. The molecule has 0 aliphatic heterocycles. The van der Waals surface area contributed by atoms with Gasteiger partial charge in [0.25, 0.3) is 5.91 Å². The summed E-state index contributed by atoms with van der Waals surface area (Å²) in [6, 6.07) is 15.9. The molecular formula is C25H35N3O2. The summed E-state index contributed by atoms with van der Waals surface area (Å²) in [6.07, 6.45) is 2.70. The summed E-state index contributed by atoms with van der Waals surface area (Å²) in [7, 11) is 3.98. The number of rotatable bonds is 8. The second kappa shape index (κ2) is 9.79. The highest BCUT2D eigenvalue weighted by Gasteiger charge is 2.27. The smallest absolute Gasteiger partial charge is 0.277 e. The molecule has 162 valence electrons. The molecule has 2 aromatic rings. The third-order valence-electron chi connectivity index (χ3n) is 4.79. The Balaban J connectivity index is 1.83. The second-order valence-electron chi connectivity index (χ2n) is 9.71. The Morgan fingerprint density at radius 2 is 1.60 bits per heavy atom. The van der Waals surface area contributed by atoms with Gasteiger partial charge in [0.05, 0.1) is 6.21 Å². The Kier molecular flexibility index (Phi) is 7.65. The van der Waals surface area contributed by atoms with Crippen LogP contribution < -0.4 is 15.1 Å². The number of nitrogens with zero attached hydrogens (tertiary/aromatic N) is 2. The van der Waals surface area contributed by atoms with Crippen LogP contribution in [0, 0.1) is 5.41 Å². The molecule has 0 aliphatic carbocycles. The van der Waals surface area contributed by atoms with Gasteiger partial charge in [-0.3, -0.25) is 4.79 Å². The van der Waals surface area contributed by atoms with Crippen LogP contribution in [0.2, 0.25) is 0 Å². The molecule has 0 saturated heterocycles. The predicted octanol–water partition coefficient (Wildman–Crippen LogP) is 5.00. The van der Waals surface area contributed by atoms with Gasteiger partial charge in [0.2, 0.25) is 0 Å². The Hall–Kier alpha value is -2.82. The van der Waals surface area contributed by atoms with Crippen LogP contribution in [0.15, 0.2) is 53.6 Å². The molecule has 5 heteroatoms. The van der Waals surface area contributed by atoms with Gasteiger partial charge < -0.3 is 9.64 Å². The molecular weight excluding hydrogens is 374 g/mol. The molecule has 0 atom stereocenters. The van der Waals surface area contributed by atoms with E-state index in [0.29, 0.717) is 5.75 Å². The van der Waals surface area contributed by atoms with Crippen LogP contribution >= 0.6 is 0 Å². The van der Waals surface area contributed by atoms with Crippen LogP contribution in [-0.2, 0) is 10.2 Å². The highest BCUT2D eigenvalue weighted by molar-refractivity contribution is 5.83. The number of anilines is 1. The van der Waals surface area contributed by atoms with Gasteiger partial charge in [-0.2, -0.15) is 5.10 Å². The molecule has 5 nitrogen and oxygen atoms in total. The molecule has 30 heavy (non-hydrogen) atoms. The summed E-state index contributed by atoms with van der Waals surface area (Å²) in [6.45, 7) is 11.2. The predicted molar refractivity (Wildman–Crippen MR) is 126 cm³/mol. The number of hydrogen-bond donors (Lipinski definition) is 1. The van der Waals surface area contributed by atoms with Crippen LogP contribution in [0.4, 0.5) is 5.69 Å². The first-order valence-corrected chi connectivity index (χ1v) is 10.3. The second-order valence-corrected chi connectivity index (χ2v) is 9.71. The molecule has 0 saturated carbocycles. The molecule has 0 radical (unpaired) electrons. The fraction of sp³-hybridized carbons (Fsp3) is 0.440. The summed E-state index contributed by atoms with van der Waals surface area (Å²) >= 11 is 0. The molecule has 2 rings (SSSR count). The van der Waals surface area contributed by atoms with Gasteiger partial charge in [0.1, 0.15) is 5.75 Å². The molecule has 0 spiro atoms. The monoisotopic (exact) mass is 409 g/mol. The lowest BCUT2D eigenvalue weighted by molar-refractivity contribution is -0.123. The minimum atomic E-state index is -0.298. The molecule has 2 aromatic carbocycles. The van der Waals surface area contributed by atoms with Crippen molar-refractivity contribution in [3.05, 3.63) is 59.7 Å². The minimum absolute atomic E-state index is 0.0770. The van der Waals surface area contributed by atoms with Crippen molar-refractivity contribution in [1.29, 1.82) is 0 Å². The van der Waals surface area contributed by atoms with Crippen molar-refractivity contribution in [3.63, 3.8) is 0 Å². The zero-order valence-corrected chi connectivity index (χ0v) is 19.3. The van der Waals surface area contributed by atoms with Crippen molar-refractivity contribution in [3.8, 4) is 5.75 Å². The van der Waals surface area contributed by atoms with Gasteiger partial charge in [-0.15, -0.1) is 0 Å². The van der Waals surface area contributed by atoms with Crippen molar-refractivity contribution in [2.45, 2.75) is 46.5 Å². The number of amides is 1. The van der Waals surface area contributed by atoms with E-state index in [2.05, 4.69) is 57.3 Å². The van der Waals surface area contributed by atoms with E-state index in [0.717, 1.165) is 17.7 Å². The maximum absolute atomic E-state index is 12.0. The summed E-state index contributed by atoms with van der Waals surface area (Å²) in [5.74, 6) is 0.372. The molecule has 0 bridgehead atoms. The van der Waals surface area contributed by atoms with E-state index in [-0.39, 0.29) is 23.3 Å². The van der Waals surface area contributed by atoms with E-state index in [1.54, 1.807) is 6.21 Å². The minimum Gasteiger partial charge on any atom is -0.484 e. The first kappa shape index (κ1) is 23.5. The molecule has 0 heterocycles. The number of hydrazone groups is 1. The average Bonchev–Trinajstić information content (AvgIpc) is 2.65. The normalized spacial score (nSPS) is 12.1. The van der Waals surface area contributed by atoms with Crippen molar-refractivity contribution in [2.75, 3.05) is 25.6 Å². The standard InChI is InChI=1S/C25H35N3O2/c1-24(2,3)18-25(4,5)20-10-14-22(15-11-20)30-17-23(29)27-26-16-19-8-12-21(13-9-19)28(6)7/h8-16H,17-18H2,1-7H3,(H,27,29)/b26-16+. The Morgan fingerprint density at radius 3 is 2.13 bits per heavy atom. The lowest BCUT2D eigenvalue weighted by Crippen LogP contribution is -2.25. The van der Waals surface area contributed by atoms with E-state index in [1.807, 2.05) is 55.4 Å². The first-order chi connectivity index (χ1) is 14.0. The zero-order valence-electron chi connectivity index (χ0n) is 19.3. The average molecular weight is 410 g/mol. The maximum atomic E-state index is 12.0. The molecule has 0 unspecified atom stereocenters. The first-order valence-electron chi connectivity index (χ1n) is 10.3. The van der Waals surface area contributed by atoms with Gasteiger partial charge in [-0.05, 0) is 52.6 Å². The van der Waals surface area contributed by atoms with Gasteiger partial charge in [0.15, 0.2) is 6.61 Å². The summed E-state index contributed by atoms with van der Waals surface area (Å²) < 4.78 is 5.59. The fourth-order valence-corrected chi connectivity index (χ4v) is 3.65. The summed E-state index contributed by atoms with van der Waals surface area (Å²) in [5, 5.41) is 3.99. The molecule has 0 aromatic heterocycles. The van der Waals surface area contributed by atoms with Gasteiger partial charge in [-0.25, -0.2) is 5.43 Å². The third-order valence-corrected chi connectivity index (χ3v) is 4.79. The Morgan fingerprint density at radius 1 is 1.00 bits per heavy atom. The summed E-state index contributed by atoms with van der Waals surface area (Å²) in [4.78, 5) is 14.0. The Bertz CT molecular complexity index is 845. The van der Waals surface area contributed by atoms with Crippen molar-refractivity contribution in [1.82, 2.24) is 5.43 Å². The quantitative estimate of drug-likeness (QED) is 0.493. The topological polar surface area (TPSA) is 53.9 Å². The fourth-order valence-electron chi connectivity index (χ4n) is 3.65. The number of hydrogen-bond acceptors (Lipinski definition) is 4. The van der Waals surface area contributed by atoms with Crippen LogP contribution in [-0.4, -0.2) is 32.8 Å². The van der Waals surface area contributed by atoms with Gasteiger partial charge in [0, 0.05) is 19.8 Å². The third kappa shape index (κ3) is 7.54. The number of carbonyl (C=O) groups excluding carboxylic acids is 1. The molecule has 0 fully saturated rings. The maximum Gasteiger partial charge on any atom is 0.277 e. The van der Waals surface area contributed by atoms with Crippen molar-refractivity contribution < 1.29 is 9.53 Å². The molecule has 0 aliphatic rings. The molecule has 1 amide bonds. The zero-order chi connectivity index (χ0) is 22.4. The van der Waals surface area contributed by atoms with E-state index in [9.17, 15) is 4.79 Å². The largest absolute Gasteiger partial charge is 0.484 e. The number of nitrogens with one attached hydrogen (secondary N) is 1. The van der Waals surface area contributed by atoms with Crippen LogP contribution in [0.5, 0.6) is 5.75 Å². The number of ether oxygens (including phenoxy) is 1. The Labute approximate surface area is 181 Å². The van der Waals surface area contributed by atoms with E-state index in [4.69, 9.17) is 4.74 Å². The summed E-state index contributed by atoms with van der Waals surface area (Å²) in [5.41, 5.74) is 6.11. The number of carbonyl (C=O) groups is 1. The van der Waals surface area contributed by atoms with Gasteiger partial charge in [-0.1, -0.05) is 58.9 Å². The van der Waals surface area contributed by atoms with E-state index < -0.39 is 0 Å². The van der Waals surface area contributed by atoms with Crippen molar-refractivity contribution in [2.24, 2.45) is 10.5 Å². The van der Waals surface area contributed by atoms with E-state index >= 15 is 0 Å².